The summed E-state index contributed by atoms with van der Waals surface area (Å²) in [5, 5.41) is 3.34. The van der Waals surface area contributed by atoms with Gasteiger partial charge in [-0.15, -0.1) is 0 Å². The SMILES string of the molecule is CNC(CN1CCOc2ccccc2C1=O)C1CC1. The van der Waals surface area contributed by atoms with Gasteiger partial charge in [0.15, 0.2) is 0 Å². The van der Waals surface area contributed by atoms with E-state index in [0.717, 1.165) is 12.5 Å². The van der Waals surface area contributed by atoms with E-state index in [1.165, 1.54) is 12.8 Å². The van der Waals surface area contributed by atoms with Crippen molar-refractivity contribution in [2.24, 2.45) is 5.92 Å². The minimum absolute atomic E-state index is 0.0917. The van der Waals surface area contributed by atoms with Gasteiger partial charge in [0, 0.05) is 12.6 Å². The molecule has 1 fully saturated rings. The molecule has 1 N–H and O–H groups in total. The molecule has 2 aliphatic rings. The van der Waals surface area contributed by atoms with Crippen molar-refractivity contribution in [3.05, 3.63) is 29.8 Å². The number of hydrogen-bond donors (Lipinski definition) is 1. The number of ether oxygens (including phenoxy) is 1. The van der Waals surface area contributed by atoms with Gasteiger partial charge < -0.3 is 15.0 Å². The number of fused-ring (bicyclic) bond motifs is 1. The second kappa shape index (κ2) is 5.21. The Balaban J connectivity index is 1.77. The number of amides is 1. The van der Waals surface area contributed by atoms with E-state index in [-0.39, 0.29) is 5.91 Å². The number of carbonyl (C=O) groups is 1. The number of benzene rings is 1. The van der Waals surface area contributed by atoms with Gasteiger partial charge in [0.1, 0.15) is 12.4 Å². The highest BCUT2D eigenvalue weighted by atomic mass is 16.5. The topological polar surface area (TPSA) is 41.6 Å². The van der Waals surface area contributed by atoms with Crippen molar-refractivity contribution in [3.8, 4) is 5.75 Å². The molecule has 0 aromatic heterocycles. The van der Waals surface area contributed by atoms with Crippen LogP contribution in [0.25, 0.3) is 0 Å². The highest BCUT2D eigenvalue weighted by Gasteiger charge is 2.33. The Bertz CT molecular complexity index is 471. The predicted octanol–water partition coefficient (Wildman–Crippen LogP) is 1.52. The Labute approximate surface area is 113 Å². The largest absolute Gasteiger partial charge is 0.491 e. The van der Waals surface area contributed by atoms with Gasteiger partial charge in [-0.25, -0.2) is 0 Å². The van der Waals surface area contributed by atoms with Crippen molar-refractivity contribution in [2.75, 3.05) is 26.7 Å². The van der Waals surface area contributed by atoms with Crippen LogP contribution in [-0.4, -0.2) is 43.6 Å². The van der Waals surface area contributed by atoms with Crippen LogP contribution < -0.4 is 10.1 Å². The summed E-state index contributed by atoms with van der Waals surface area (Å²) in [6.07, 6.45) is 2.56. The van der Waals surface area contributed by atoms with Crippen molar-refractivity contribution in [3.63, 3.8) is 0 Å². The number of nitrogens with zero attached hydrogens (tertiary/aromatic N) is 1. The van der Waals surface area contributed by atoms with E-state index in [2.05, 4.69) is 5.32 Å². The summed E-state index contributed by atoms with van der Waals surface area (Å²) >= 11 is 0. The molecule has 3 rings (SSSR count). The van der Waals surface area contributed by atoms with Crippen molar-refractivity contribution >= 4 is 5.91 Å². The van der Waals surface area contributed by atoms with Gasteiger partial charge in [0.05, 0.1) is 12.1 Å². The van der Waals surface area contributed by atoms with E-state index < -0.39 is 0 Å². The molecule has 4 nitrogen and oxygen atoms in total. The molecular weight excluding hydrogens is 240 g/mol. The minimum atomic E-state index is 0.0917. The maximum atomic E-state index is 12.5. The van der Waals surface area contributed by atoms with Gasteiger partial charge in [-0.1, -0.05) is 12.1 Å². The van der Waals surface area contributed by atoms with Crippen LogP contribution in [0.4, 0.5) is 0 Å². The van der Waals surface area contributed by atoms with E-state index in [9.17, 15) is 4.79 Å². The van der Waals surface area contributed by atoms with Crippen LogP contribution in [0.5, 0.6) is 5.75 Å². The standard InChI is InChI=1S/C15H20N2O2/c1-16-13(11-6-7-11)10-17-8-9-19-14-5-3-2-4-12(14)15(17)18/h2-5,11,13,16H,6-10H2,1H3. The second-order valence-corrected chi connectivity index (χ2v) is 5.33. The van der Waals surface area contributed by atoms with Crippen LogP contribution in [0.2, 0.25) is 0 Å². The molecule has 1 unspecified atom stereocenters. The second-order valence-electron chi connectivity index (χ2n) is 5.33. The number of hydrogen-bond acceptors (Lipinski definition) is 3. The monoisotopic (exact) mass is 260 g/mol. The van der Waals surface area contributed by atoms with E-state index in [0.29, 0.717) is 30.5 Å². The molecule has 4 heteroatoms. The molecule has 1 aliphatic heterocycles. The number of likely N-dealkylation sites (N-methyl/N-ethyl adjacent to an activating group) is 1. The fourth-order valence-corrected chi connectivity index (χ4v) is 2.69. The zero-order chi connectivity index (χ0) is 13.2. The lowest BCUT2D eigenvalue weighted by Gasteiger charge is -2.25. The molecular formula is C15H20N2O2. The first kappa shape index (κ1) is 12.5. The summed E-state index contributed by atoms with van der Waals surface area (Å²) in [6.45, 7) is 2.01. The van der Waals surface area contributed by atoms with Crippen LogP contribution in [0, 0.1) is 5.92 Å². The predicted molar refractivity (Wildman–Crippen MR) is 73.4 cm³/mol. The van der Waals surface area contributed by atoms with E-state index in [1.54, 1.807) is 0 Å². The quantitative estimate of drug-likeness (QED) is 0.892. The van der Waals surface area contributed by atoms with Crippen molar-refractivity contribution in [1.82, 2.24) is 10.2 Å². The van der Waals surface area contributed by atoms with E-state index in [4.69, 9.17) is 4.74 Å². The van der Waals surface area contributed by atoms with Crippen LogP contribution in [0.3, 0.4) is 0 Å². The zero-order valence-electron chi connectivity index (χ0n) is 11.3. The maximum absolute atomic E-state index is 12.5. The number of rotatable bonds is 4. The van der Waals surface area contributed by atoms with Crippen LogP contribution in [0.15, 0.2) is 24.3 Å². The molecule has 1 amide bonds. The summed E-state index contributed by atoms with van der Waals surface area (Å²) in [4.78, 5) is 14.5. The molecule has 1 aromatic rings. The molecule has 19 heavy (non-hydrogen) atoms. The van der Waals surface area contributed by atoms with Gasteiger partial charge >= 0.3 is 0 Å². The highest BCUT2D eigenvalue weighted by molar-refractivity contribution is 5.97. The molecule has 0 radical (unpaired) electrons. The molecule has 102 valence electrons. The van der Waals surface area contributed by atoms with Crippen LogP contribution in [0.1, 0.15) is 23.2 Å². The van der Waals surface area contributed by atoms with Gasteiger partial charge in [-0.2, -0.15) is 0 Å². The van der Waals surface area contributed by atoms with Gasteiger partial charge in [-0.05, 0) is 37.9 Å². The van der Waals surface area contributed by atoms with Gasteiger partial charge in [0.25, 0.3) is 5.91 Å². The maximum Gasteiger partial charge on any atom is 0.257 e. The van der Waals surface area contributed by atoms with Gasteiger partial charge in [0.2, 0.25) is 0 Å². The Morgan fingerprint density at radius 2 is 2.21 bits per heavy atom. The summed E-state index contributed by atoms with van der Waals surface area (Å²) in [6, 6.07) is 7.92. The smallest absolute Gasteiger partial charge is 0.257 e. The van der Waals surface area contributed by atoms with Crippen LogP contribution >= 0.6 is 0 Å². The molecule has 1 aliphatic carbocycles. The first-order chi connectivity index (χ1) is 9.29. The summed E-state index contributed by atoms with van der Waals surface area (Å²) in [5.41, 5.74) is 0.686. The first-order valence-electron chi connectivity index (χ1n) is 6.98. The molecule has 1 aromatic carbocycles. The van der Waals surface area contributed by atoms with Crippen LogP contribution in [-0.2, 0) is 0 Å². The third kappa shape index (κ3) is 2.59. The average molecular weight is 260 g/mol. The Hall–Kier alpha value is -1.55. The lowest BCUT2D eigenvalue weighted by molar-refractivity contribution is 0.0734. The lowest BCUT2D eigenvalue weighted by atomic mass is 10.1. The number of carbonyl (C=O) groups excluding carboxylic acids is 1. The Morgan fingerprint density at radius 1 is 1.42 bits per heavy atom. The molecule has 1 atom stereocenters. The molecule has 0 spiro atoms. The van der Waals surface area contributed by atoms with E-state index >= 15 is 0 Å². The fraction of sp³-hybridized carbons (Fsp3) is 0.533. The average Bonchev–Trinajstić information content (AvgIpc) is 3.26. The Kier molecular flexibility index (Phi) is 3.42. The summed E-state index contributed by atoms with van der Waals surface area (Å²) in [5.74, 6) is 1.54. The van der Waals surface area contributed by atoms with E-state index in [1.807, 2.05) is 36.2 Å². The number of para-hydroxylation sites is 1. The van der Waals surface area contributed by atoms with Crippen molar-refractivity contribution in [2.45, 2.75) is 18.9 Å². The molecule has 0 bridgehead atoms. The molecule has 0 saturated heterocycles. The normalized spacial score (nSPS) is 20.5. The third-order valence-electron chi connectivity index (χ3n) is 4.00. The zero-order valence-corrected chi connectivity index (χ0v) is 11.3. The summed E-state index contributed by atoms with van der Waals surface area (Å²) in [7, 11) is 1.98. The highest BCUT2D eigenvalue weighted by Crippen LogP contribution is 2.33. The summed E-state index contributed by atoms with van der Waals surface area (Å²) < 4.78 is 5.66. The minimum Gasteiger partial charge on any atom is -0.491 e. The Morgan fingerprint density at radius 3 is 2.95 bits per heavy atom. The lowest BCUT2D eigenvalue weighted by Crippen LogP contribution is -2.44. The fourth-order valence-electron chi connectivity index (χ4n) is 2.69. The molecule has 1 heterocycles. The first-order valence-corrected chi connectivity index (χ1v) is 6.98. The van der Waals surface area contributed by atoms with Crippen molar-refractivity contribution in [1.29, 1.82) is 0 Å². The molecule has 1 saturated carbocycles. The van der Waals surface area contributed by atoms with Gasteiger partial charge in [-0.3, -0.25) is 4.79 Å². The third-order valence-corrected chi connectivity index (χ3v) is 4.00. The number of nitrogens with one attached hydrogen (secondary N) is 1. The van der Waals surface area contributed by atoms with Crippen molar-refractivity contribution < 1.29 is 9.53 Å².